The highest BCUT2D eigenvalue weighted by molar-refractivity contribution is 7.09. The van der Waals surface area contributed by atoms with Crippen molar-refractivity contribution in [3.8, 4) is 17.2 Å². The van der Waals surface area contributed by atoms with Crippen LogP contribution in [-0.4, -0.2) is 41.1 Å². The number of aromatic hydroxyl groups is 1. The fourth-order valence-electron chi connectivity index (χ4n) is 3.90. The molecule has 7 nitrogen and oxygen atoms in total. The number of phenolic OH excluding ortho intramolecular Hbond substituents is 1. The van der Waals surface area contributed by atoms with E-state index in [2.05, 4.69) is 19.2 Å². The smallest absolute Gasteiger partial charge is 0.268 e. The maximum absolute atomic E-state index is 13.9. The summed E-state index contributed by atoms with van der Waals surface area (Å²) in [5.74, 6) is 0.977. The molecule has 0 aliphatic carbocycles. The molecule has 0 unspecified atom stereocenters. The van der Waals surface area contributed by atoms with E-state index in [-0.39, 0.29) is 30.7 Å². The number of nitrogens with one attached hydrogen (secondary N) is 1. The average molecular weight is 495 g/mol. The molecule has 0 radical (unpaired) electrons. The van der Waals surface area contributed by atoms with Gasteiger partial charge in [-0.05, 0) is 53.6 Å². The van der Waals surface area contributed by atoms with E-state index in [4.69, 9.17) is 9.47 Å². The Balaban J connectivity index is 1.66. The Kier molecular flexibility index (Phi) is 7.92. The molecule has 8 heteroatoms. The zero-order chi connectivity index (χ0) is 24.8. The van der Waals surface area contributed by atoms with E-state index in [0.717, 1.165) is 11.3 Å². The van der Waals surface area contributed by atoms with Gasteiger partial charge in [0.25, 0.3) is 5.91 Å². The summed E-state index contributed by atoms with van der Waals surface area (Å²) in [4.78, 5) is 29.9. The van der Waals surface area contributed by atoms with Crippen LogP contribution in [0.1, 0.15) is 36.8 Å². The number of carbonyl (C=O) groups excluding carboxylic acids is 2. The molecule has 0 bridgehead atoms. The fourth-order valence-corrected chi connectivity index (χ4v) is 4.61. The number of nitrogens with zero attached hydrogens (tertiary/aromatic N) is 1. The van der Waals surface area contributed by atoms with Gasteiger partial charge < -0.3 is 24.8 Å². The van der Waals surface area contributed by atoms with E-state index in [1.807, 2.05) is 29.6 Å². The molecule has 2 heterocycles. The van der Waals surface area contributed by atoms with Gasteiger partial charge in [0.15, 0.2) is 11.5 Å². The molecule has 3 aromatic rings. The second-order valence-corrected chi connectivity index (χ2v) is 9.91. The largest absolute Gasteiger partial charge is 0.508 e. The monoisotopic (exact) mass is 494 g/mol. The molecule has 0 spiro atoms. The van der Waals surface area contributed by atoms with Gasteiger partial charge in [0.2, 0.25) is 12.0 Å². The van der Waals surface area contributed by atoms with E-state index in [1.54, 1.807) is 29.2 Å². The second kappa shape index (κ2) is 11.3. The molecule has 1 aliphatic heterocycles. The molecule has 2 N–H and O–H groups in total. The van der Waals surface area contributed by atoms with Crippen LogP contribution in [0.25, 0.3) is 0 Å². The van der Waals surface area contributed by atoms with Crippen molar-refractivity contribution in [2.45, 2.75) is 39.0 Å². The first-order valence-electron chi connectivity index (χ1n) is 11.7. The van der Waals surface area contributed by atoms with Crippen LogP contribution in [0.2, 0.25) is 0 Å². The topological polar surface area (TPSA) is 88.1 Å². The SMILES string of the molecule is CC(C)CCNC(=O)[C@H](c1ccc(O)cc1)N(Cc1cccs1)C(=O)[C@@H]1COc2ccccc2O1. The summed E-state index contributed by atoms with van der Waals surface area (Å²) in [7, 11) is 0. The summed E-state index contributed by atoms with van der Waals surface area (Å²) < 4.78 is 11.8. The van der Waals surface area contributed by atoms with Crippen LogP contribution in [0, 0.1) is 5.92 Å². The Morgan fingerprint density at radius 2 is 1.83 bits per heavy atom. The van der Waals surface area contributed by atoms with Crippen molar-refractivity contribution in [2.75, 3.05) is 13.2 Å². The van der Waals surface area contributed by atoms with Crippen LogP contribution in [0.3, 0.4) is 0 Å². The number of fused-ring (bicyclic) bond motifs is 1. The Morgan fingerprint density at radius 3 is 2.51 bits per heavy atom. The number of para-hydroxylation sites is 2. The molecule has 184 valence electrons. The van der Waals surface area contributed by atoms with Gasteiger partial charge in [0, 0.05) is 11.4 Å². The van der Waals surface area contributed by atoms with E-state index in [1.165, 1.54) is 23.5 Å². The lowest BCUT2D eigenvalue weighted by Gasteiger charge is -2.35. The molecule has 2 aromatic carbocycles. The van der Waals surface area contributed by atoms with Crippen molar-refractivity contribution in [1.82, 2.24) is 10.2 Å². The van der Waals surface area contributed by atoms with Gasteiger partial charge in [0.05, 0.1) is 6.54 Å². The summed E-state index contributed by atoms with van der Waals surface area (Å²) >= 11 is 1.51. The van der Waals surface area contributed by atoms with Crippen LogP contribution >= 0.6 is 11.3 Å². The molecule has 1 aliphatic rings. The summed E-state index contributed by atoms with van der Waals surface area (Å²) in [5, 5.41) is 14.7. The Bertz CT molecular complexity index is 1130. The van der Waals surface area contributed by atoms with E-state index >= 15 is 0 Å². The van der Waals surface area contributed by atoms with E-state index in [9.17, 15) is 14.7 Å². The van der Waals surface area contributed by atoms with Gasteiger partial charge in [0.1, 0.15) is 18.4 Å². The number of phenols is 1. The number of carbonyl (C=O) groups is 2. The lowest BCUT2D eigenvalue weighted by molar-refractivity contribution is -0.149. The Labute approximate surface area is 209 Å². The summed E-state index contributed by atoms with van der Waals surface area (Å²) in [6, 6.07) is 16.5. The molecular weight excluding hydrogens is 464 g/mol. The van der Waals surface area contributed by atoms with Crippen molar-refractivity contribution >= 4 is 23.2 Å². The summed E-state index contributed by atoms with van der Waals surface area (Å²) in [6.07, 6.45) is -0.0727. The molecule has 0 saturated heterocycles. The van der Waals surface area contributed by atoms with E-state index < -0.39 is 12.1 Å². The normalized spacial score (nSPS) is 15.5. The predicted octanol–water partition coefficient (Wildman–Crippen LogP) is 4.53. The fraction of sp³-hybridized carbons (Fsp3) is 0.333. The van der Waals surface area contributed by atoms with E-state index in [0.29, 0.717) is 29.5 Å². The van der Waals surface area contributed by atoms with Crippen molar-refractivity contribution in [1.29, 1.82) is 0 Å². The quantitative estimate of drug-likeness (QED) is 0.457. The van der Waals surface area contributed by atoms with Crippen molar-refractivity contribution in [3.05, 3.63) is 76.5 Å². The number of rotatable bonds is 9. The van der Waals surface area contributed by atoms with Gasteiger partial charge in [-0.2, -0.15) is 0 Å². The van der Waals surface area contributed by atoms with Crippen LogP contribution < -0.4 is 14.8 Å². The van der Waals surface area contributed by atoms with Gasteiger partial charge >= 0.3 is 0 Å². The highest BCUT2D eigenvalue weighted by Crippen LogP contribution is 2.33. The minimum absolute atomic E-state index is 0.0497. The third kappa shape index (κ3) is 6.14. The highest BCUT2D eigenvalue weighted by atomic mass is 32.1. The molecule has 0 saturated carbocycles. The molecule has 0 fully saturated rings. The number of hydrogen-bond donors (Lipinski definition) is 2. The molecule has 1 aromatic heterocycles. The maximum Gasteiger partial charge on any atom is 0.268 e. The average Bonchev–Trinajstić information content (AvgIpc) is 3.37. The lowest BCUT2D eigenvalue weighted by Crippen LogP contribution is -2.50. The van der Waals surface area contributed by atoms with Gasteiger partial charge in [-0.1, -0.05) is 44.2 Å². The molecule has 2 amide bonds. The van der Waals surface area contributed by atoms with Crippen LogP contribution in [0.15, 0.2) is 66.0 Å². The number of benzene rings is 2. The van der Waals surface area contributed by atoms with Crippen molar-refractivity contribution in [3.63, 3.8) is 0 Å². The third-order valence-electron chi connectivity index (χ3n) is 5.76. The molecule has 2 atom stereocenters. The molecule has 4 rings (SSSR count). The van der Waals surface area contributed by atoms with Crippen LogP contribution in [0.4, 0.5) is 0 Å². The number of amides is 2. The highest BCUT2D eigenvalue weighted by Gasteiger charge is 2.38. The second-order valence-electron chi connectivity index (χ2n) is 8.88. The van der Waals surface area contributed by atoms with Gasteiger partial charge in [-0.3, -0.25) is 9.59 Å². The summed E-state index contributed by atoms with van der Waals surface area (Å²) in [5.41, 5.74) is 0.604. The predicted molar refractivity (Wildman–Crippen MR) is 135 cm³/mol. The number of hydrogen-bond acceptors (Lipinski definition) is 6. The minimum atomic E-state index is -0.905. The van der Waals surface area contributed by atoms with Crippen molar-refractivity contribution in [2.24, 2.45) is 5.92 Å². The lowest BCUT2D eigenvalue weighted by atomic mass is 10.0. The first-order valence-corrected chi connectivity index (χ1v) is 12.6. The summed E-state index contributed by atoms with van der Waals surface area (Å²) in [6.45, 7) is 4.97. The number of ether oxygens (including phenoxy) is 2. The van der Waals surface area contributed by atoms with Crippen LogP contribution in [0.5, 0.6) is 17.2 Å². The standard InChI is InChI=1S/C27H30N2O5S/c1-18(2)13-14-28-26(31)25(19-9-11-20(30)12-10-19)29(16-21-6-5-15-35-21)27(32)24-17-33-22-7-3-4-8-23(22)34-24/h3-12,15,18,24-25,30H,13-14,16-17H2,1-2H3,(H,28,31)/t24-,25-/m0/s1. The number of thiophene rings is 1. The molecule has 35 heavy (non-hydrogen) atoms. The maximum atomic E-state index is 13.9. The van der Waals surface area contributed by atoms with Crippen LogP contribution in [-0.2, 0) is 16.1 Å². The zero-order valence-electron chi connectivity index (χ0n) is 19.8. The van der Waals surface area contributed by atoms with Gasteiger partial charge in [-0.15, -0.1) is 11.3 Å². The minimum Gasteiger partial charge on any atom is -0.508 e. The zero-order valence-corrected chi connectivity index (χ0v) is 20.7. The third-order valence-corrected chi connectivity index (χ3v) is 6.62. The Hall–Kier alpha value is -3.52. The molecular formula is C27H30N2O5S. The van der Waals surface area contributed by atoms with Crippen molar-refractivity contribution < 1.29 is 24.2 Å². The Morgan fingerprint density at radius 1 is 1.09 bits per heavy atom. The first kappa shape index (κ1) is 24.6. The van der Waals surface area contributed by atoms with Gasteiger partial charge in [-0.25, -0.2) is 0 Å². The first-order chi connectivity index (χ1) is 16.9.